The normalized spacial score (nSPS) is 11.1. The molecule has 24 heavy (non-hydrogen) atoms. The number of aliphatic imine (C=N–C) groups is 1. The maximum atomic E-state index is 4.58. The maximum Gasteiger partial charge on any atom is 0.191 e. The van der Waals surface area contributed by atoms with E-state index in [1.54, 1.807) is 13.2 Å². The van der Waals surface area contributed by atoms with Crippen molar-refractivity contribution in [3.8, 4) is 0 Å². The molecule has 3 rings (SSSR count). The average molecular weight is 436 g/mol. The van der Waals surface area contributed by atoms with Crippen LogP contribution in [0.1, 0.15) is 11.4 Å². The maximum absolute atomic E-state index is 4.58. The number of rotatable bonds is 5. The molecule has 0 saturated carbocycles. The van der Waals surface area contributed by atoms with Gasteiger partial charge in [0.2, 0.25) is 0 Å². The molecule has 0 amide bonds. The molecule has 0 saturated heterocycles. The Morgan fingerprint density at radius 1 is 1.12 bits per heavy atom. The van der Waals surface area contributed by atoms with E-state index >= 15 is 0 Å². The molecule has 3 aromatic heterocycles. The van der Waals surface area contributed by atoms with E-state index in [2.05, 4.69) is 31.8 Å². The number of halogens is 1. The van der Waals surface area contributed by atoms with Gasteiger partial charge in [0.25, 0.3) is 0 Å². The number of hydrogen-bond acceptors (Lipinski definition) is 3. The molecule has 6 nitrogen and oxygen atoms in total. The number of nitrogens with zero attached hydrogens (tertiary/aromatic N) is 4. The van der Waals surface area contributed by atoms with Crippen LogP contribution in [-0.4, -0.2) is 33.9 Å². The summed E-state index contributed by atoms with van der Waals surface area (Å²) < 4.78 is 2.03. The van der Waals surface area contributed by atoms with Gasteiger partial charge in [-0.15, -0.1) is 24.0 Å². The number of pyridine rings is 2. The predicted molar refractivity (Wildman–Crippen MR) is 107 cm³/mol. The van der Waals surface area contributed by atoms with E-state index < -0.39 is 0 Å². The summed E-state index contributed by atoms with van der Waals surface area (Å²) in [7, 11) is 1.76. The lowest BCUT2D eigenvalue weighted by molar-refractivity contribution is 0.777. The summed E-state index contributed by atoms with van der Waals surface area (Å²) in [5.41, 5.74) is 3.01. The van der Waals surface area contributed by atoms with Gasteiger partial charge in [-0.25, -0.2) is 4.98 Å². The Morgan fingerprint density at radius 3 is 2.75 bits per heavy atom. The van der Waals surface area contributed by atoms with Crippen LogP contribution >= 0.6 is 24.0 Å². The van der Waals surface area contributed by atoms with Crippen LogP contribution in [0, 0.1) is 0 Å². The third-order valence-corrected chi connectivity index (χ3v) is 3.47. The molecular weight excluding hydrogens is 415 g/mol. The number of guanidine groups is 1. The van der Waals surface area contributed by atoms with Gasteiger partial charge < -0.3 is 15.0 Å². The molecule has 7 heteroatoms. The van der Waals surface area contributed by atoms with Gasteiger partial charge in [-0.3, -0.25) is 9.98 Å². The lowest BCUT2D eigenvalue weighted by Crippen LogP contribution is -2.38. The second-order valence-electron chi connectivity index (χ2n) is 5.12. The first kappa shape index (κ1) is 18.2. The van der Waals surface area contributed by atoms with E-state index in [1.807, 2.05) is 47.0 Å². The minimum Gasteiger partial charge on any atom is -0.356 e. The fourth-order valence-corrected chi connectivity index (χ4v) is 2.31. The van der Waals surface area contributed by atoms with E-state index in [-0.39, 0.29) is 24.0 Å². The van der Waals surface area contributed by atoms with Crippen LogP contribution in [0.5, 0.6) is 0 Å². The third kappa shape index (κ3) is 4.92. The first-order chi connectivity index (χ1) is 11.3. The topological polar surface area (TPSA) is 66.6 Å². The Labute approximate surface area is 158 Å². The quantitative estimate of drug-likeness (QED) is 0.366. The van der Waals surface area contributed by atoms with E-state index in [0.717, 1.165) is 36.0 Å². The Bertz CT molecular complexity index is 751. The molecule has 3 aromatic rings. The third-order valence-electron chi connectivity index (χ3n) is 3.47. The highest BCUT2D eigenvalue weighted by Gasteiger charge is 2.02. The molecule has 0 atom stereocenters. The monoisotopic (exact) mass is 436 g/mol. The lowest BCUT2D eigenvalue weighted by Gasteiger charge is -2.10. The van der Waals surface area contributed by atoms with Crippen molar-refractivity contribution in [2.24, 2.45) is 4.99 Å². The summed E-state index contributed by atoms with van der Waals surface area (Å²) in [4.78, 5) is 13.1. The number of nitrogens with one attached hydrogen (secondary N) is 2. The molecule has 126 valence electrons. The van der Waals surface area contributed by atoms with Crippen LogP contribution in [0.25, 0.3) is 5.65 Å². The van der Waals surface area contributed by atoms with Crippen molar-refractivity contribution in [1.29, 1.82) is 0 Å². The zero-order valence-electron chi connectivity index (χ0n) is 13.5. The number of aromatic nitrogens is 3. The van der Waals surface area contributed by atoms with Crippen LogP contribution in [0.2, 0.25) is 0 Å². The largest absolute Gasteiger partial charge is 0.356 e. The van der Waals surface area contributed by atoms with Gasteiger partial charge in [-0.2, -0.15) is 0 Å². The van der Waals surface area contributed by atoms with E-state index in [9.17, 15) is 0 Å². The van der Waals surface area contributed by atoms with Crippen molar-refractivity contribution < 1.29 is 0 Å². The zero-order valence-corrected chi connectivity index (χ0v) is 15.8. The summed E-state index contributed by atoms with van der Waals surface area (Å²) in [5, 5.41) is 6.54. The summed E-state index contributed by atoms with van der Waals surface area (Å²) in [6.07, 6.45) is 6.69. The van der Waals surface area contributed by atoms with Crippen molar-refractivity contribution in [2.45, 2.75) is 13.0 Å². The number of fused-ring (bicyclic) bond motifs is 1. The molecule has 0 fully saturated rings. The van der Waals surface area contributed by atoms with Crippen molar-refractivity contribution in [2.75, 3.05) is 13.6 Å². The molecule has 0 radical (unpaired) electrons. The molecule has 0 aliphatic heterocycles. The van der Waals surface area contributed by atoms with Crippen molar-refractivity contribution in [1.82, 2.24) is 25.0 Å². The average Bonchev–Trinajstić information content (AvgIpc) is 3.01. The highest BCUT2D eigenvalue weighted by atomic mass is 127. The summed E-state index contributed by atoms with van der Waals surface area (Å²) in [6.45, 7) is 1.42. The van der Waals surface area contributed by atoms with Gasteiger partial charge in [0.15, 0.2) is 5.96 Å². The van der Waals surface area contributed by atoms with Crippen LogP contribution in [0.15, 0.2) is 60.0 Å². The van der Waals surface area contributed by atoms with Crippen molar-refractivity contribution in [3.05, 3.63) is 66.4 Å². The van der Waals surface area contributed by atoms with Gasteiger partial charge in [-0.1, -0.05) is 12.1 Å². The first-order valence-corrected chi connectivity index (χ1v) is 7.62. The summed E-state index contributed by atoms with van der Waals surface area (Å²) >= 11 is 0. The highest BCUT2D eigenvalue weighted by molar-refractivity contribution is 14.0. The second kappa shape index (κ2) is 9.21. The number of hydrogen-bond donors (Lipinski definition) is 2. The Morgan fingerprint density at radius 2 is 2.00 bits per heavy atom. The van der Waals surface area contributed by atoms with Gasteiger partial charge in [0.1, 0.15) is 5.65 Å². The zero-order chi connectivity index (χ0) is 15.9. The molecule has 0 bridgehead atoms. The van der Waals surface area contributed by atoms with Crippen LogP contribution in [-0.2, 0) is 13.0 Å². The molecular formula is C17H21IN6. The van der Waals surface area contributed by atoms with Gasteiger partial charge in [0, 0.05) is 38.6 Å². The Kier molecular flexibility index (Phi) is 6.98. The summed E-state index contributed by atoms with van der Waals surface area (Å²) in [5.74, 6) is 0.763. The Hall–Kier alpha value is -2.16. The molecule has 0 spiro atoms. The smallest absolute Gasteiger partial charge is 0.191 e. The van der Waals surface area contributed by atoms with Gasteiger partial charge in [0.05, 0.1) is 17.9 Å². The highest BCUT2D eigenvalue weighted by Crippen LogP contribution is 2.04. The minimum atomic E-state index is 0. The van der Waals surface area contributed by atoms with Crippen molar-refractivity contribution >= 4 is 35.6 Å². The summed E-state index contributed by atoms with van der Waals surface area (Å²) in [6, 6.07) is 11.9. The second-order valence-corrected chi connectivity index (χ2v) is 5.12. The first-order valence-electron chi connectivity index (χ1n) is 7.62. The van der Waals surface area contributed by atoms with Gasteiger partial charge >= 0.3 is 0 Å². The molecule has 0 unspecified atom stereocenters. The van der Waals surface area contributed by atoms with Crippen LogP contribution in [0.4, 0.5) is 0 Å². The predicted octanol–water partition coefficient (Wildman–Crippen LogP) is 2.26. The molecule has 0 aliphatic carbocycles. The van der Waals surface area contributed by atoms with E-state index in [1.165, 1.54) is 0 Å². The Balaban J connectivity index is 0.00000208. The fourth-order valence-electron chi connectivity index (χ4n) is 2.31. The van der Waals surface area contributed by atoms with Crippen molar-refractivity contribution in [3.63, 3.8) is 0 Å². The SMILES string of the molecule is CN=C(NCCc1cn2ccccc2n1)NCc1ccccn1.I. The minimum absolute atomic E-state index is 0. The van der Waals surface area contributed by atoms with Crippen LogP contribution in [0.3, 0.4) is 0 Å². The standard InChI is InChI=1S/C17H20N6.HI/c1-18-17(21-12-14-6-2-4-9-19-14)20-10-8-15-13-23-11-5-3-7-16(23)22-15;/h2-7,9,11,13H,8,10,12H2,1H3,(H2,18,20,21);1H. The molecule has 0 aliphatic rings. The number of imidazole rings is 1. The van der Waals surface area contributed by atoms with E-state index in [4.69, 9.17) is 0 Å². The molecule has 2 N–H and O–H groups in total. The van der Waals surface area contributed by atoms with Gasteiger partial charge in [-0.05, 0) is 24.3 Å². The molecule has 3 heterocycles. The lowest BCUT2D eigenvalue weighted by atomic mass is 10.3. The fraction of sp³-hybridized carbons (Fsp3) is 0.235. The molecule has 0 aromatic carbocycles. The van der Waals surface area contributed by atoms with Crippen LogP contribution < -0.4 is 10.6 Å². The van der Waals surface area contributed by atoms with E-state index in [0.29, 0.717) is 6.54 Å².